The lowest BCUT2D eigenvalue weighted by Crippen LogP contribution is -1.96. The zero-order valence-electron chi connectivity index (χ0n) is 11.4. The molecule has 0 aliphatic heterocycles. The summed E-state index contributed by atoms with van der Waals surface area (Å²) < 4.78 is 15.9. The smallest absolute Gasteiger partial charge is 0.203 e. The molecule has 2 rings (SSSR count). The van der Waals surface area contributed by atoms with Crippen molar-refractivity contribution in [3.63, 3.8) is 0 Å². The summed E-state index contributed by atoms with van der Waals surface area (Å²) in [4.78, 5) is 8.34. The standard InChI is InChI=1S/C14H16N2O3/c1-9-5-11(16-8-15-9)10-6-12(17-2)14(19-4)13(7-10)18-3/h5-8H,1-4H3. The van der Waals surface area contributed by atoms with E-state index in [9.17, 15) is 0 Å². The van der Waals surface area contributed by atoms with Crippen LogP contribution in [0.15, 0.2) is 24.5 Å². The minimum atomic E-state index is 0.569. The first-order valence-electron chi connectivity index (χ1n) is 5.78. The van der Waals surface area contributed by atoms with Crippen LogP contribution in [0.1, 0.15) is 5.69 Å². The van der Waals surface area contributed by atoms with Crippen LogP contribution < -0.4 is 14.2 Å². The molecule has 0 N–H and O–H groups in total. The van der Waals surface area contributed by atoms with Crippen LogP contribution in [-0.2, 0) is 0 Å². The van der Waals surface area contributed by atoms with Gasteiger partial charge in [-0.3, -0.25) is 0 Å². The van der Waals surface area contributed by atoms with E-state index in [0.717, 1.165) is 17.0 Å². The van der Waals surface area contributed by atoms with Crippen molar-refractivity contribution < 1.29 is 14.2 Å². The number of nitrogens with zero attached hydrogens (tertiary/aromatic N) is 2. The van der Waals surface area contributed by atoms with Gasteiger partial charge in [0.05, 0.1) is 27.0 Å². The number of hydrogen-bond acceptors (Lipinski definition) is 5. The second kappa shape index (κ2) is 5.56. The molecule has 5 nitrogen and oxygen atoms in total. The quantitative estimate of drug-likeness (QED) is 0.845. The van der Waals surface area contributed by atoms with E-state index < -0.39 is 0 Å². The Morgan fingerprint density at radius 3 is 1.95 bits per heavy atom. The third-order valence-electron chi connectivity index (χ3n) is 2.76. The molecule has 0 spiro atoms. The highest BCUT2D eigenvalue weighted by atomic mass is 16.5. The molecule has 100 valence electrons. The molecule has 1 heterocycles. The fourth-order valence-electron chi connectivity index (χ4n) is 1.84. The van der Waals surface area contributed by atoms with Gasteiger partial charge in [-0.05, 0) is 25.1 Å². The SMILES string of the molecule is COc1cc(-c2cc(C)ncn2)cc(OC)c1OC. The van der Waals surface area contributed by atoms with E-state index in [0.29, 0.717) is 17.2 Å². The maximum atomic E-state index is 5.32. The Hall–Kier alpha value is -2.30. The molecular formula is C14H16N2O3. The fourth-order valence-corrected chi connectivity index (χ4v) is 1.84. The minimum Gasteiger partial charge on any atom is -0.493 e. The Morgan fingerprint density at radius 1 is 0.842 bits per heavy atom. The number of aromatic nitrogens is 2. The molecule has 0 atom stereocenters. The molecule has 0 amide bonds. The molecule has 5 heteroatoms. The predicted octanol–water partition coefficient (Wildman–Crippen LogP) is 2.48. The van der Waals surface area contributed by atoms with Crippen molar-refractivity contribution in [3.8, 4) is 28.5 Å². The molecule has 0 fully saturated rings. The molecule has 0 aliphatic rings. The maximum absolute atomic E-state index is 5.32. The first-order valence-corrected chi connectivity index (χ1v) is 5.78. The summed E-state index contributed by atoms with van der Waals surface area (Å²) in [5.41, 5.74) is 2.60. The van der Waals surface area contributed by atoms with Gasteiger partial charge in [-0.15, -0.1) is 0 Å². The number of benzene rings is 1. The van der Waals surface area contributed by atoms with Crippen molar-refractivity contribution in [1.29, 1.82) is 0 Å². The van der Waals surface area contributed by atoms with Crippen LogP contribution in [0, 0.1) is 6.92 Å². The van der Waals surface area contributed by atoms with Gasteiger partial charge in [0.25, 0.3) is 0 Å². The molecule has 0 saturated heterocycles. The number of aryl methyl sites for hydroxylation is 1. The lowest BCUT2D eigenvalue weighted by Gasteiger charge is -2.13. The van der Waals surface area contributed by atoms with E-state index in [1.165, 1.54) is 6.33 Å². The summed E-state index contributed by atoms with van der Waals surface area (Å²) in [6, 6.07) is 5.63. The van der Waals surface area contributed by atoms with E-state index in [1.807, 2.05) is 25.1 Å². The molecule has 0 unspecified atom stereocenters. The van der Waals surface area contributed by atoms with Crippen molar-refractivity contribution in [1.82, 2.24) is 9.97 Å². The topological polar surface area (TPSA) is 53.5 Å². The van der Waals surface area contributed by atoms with E-state index in [-0.39, 0.29) is 0 Å². The van der Waals surface area contributed by atoms with Gasteiger partial charge >= 0.3 is 0 Å². The fraction of sp³-hybridized carbons (Fsp3) is 0.286. The van der Waals surface area contributed by atoms with Crippen molar-refractivity contribution in [2.24, 2.45) is 0 Å². The number of rotatable bonds is 4. The van der Waals surface area contributed by atoms with Crippen LogP contribution in [0.2, 0.25) is 0 Å². The largest absolute Gasteiger partial charge is 0.493 e. The molecule has 0 saturated carbocycles. The Morgan fingerprint density at radius 2 is 1.47 bits per heavy atom. The van der Waals surface area contributed by atoms with Gasteiger partial charge in [0.1, 0.15) is 6.33 Å². The second-order valence-electron chi connectivity index (χ2n) is 3.96. The minimum absolute atomic E-state index is 0.569. The van der Waals surface area contributed by atoms with Gasteiger partial charge in [-0.2, -0.15) is 0 Å². The monoisotopic (exact) mass is 260 g/mol. The zero-order valence-corrected chi connectivity index (χ0v) is 11.4. The summed E-state index contributed by atoms with van der Waals surface area (Å²) in [5, 5.41) is 0. The number of ether oxygens (including phenoxy) is 3. The summed E-state index contributed by atoms with van der Waals surface area (Å²) in [5.74, 6) is 1.78. The molecular weight excluding hydrogens is 244 g/mol. The summed E-state index contributed by atoms with van der Waals surface area (Å²) in [7, 11) is 4.76. The normalized spacial score (nSPS) is 10.1. The van der Waals surface area contributed by atoms with Crippen molar-refractivity contribution in [2.45, 2.75) is 6.92 Å². The van der Waals surface area contributed by atoms with Crippen LogP contribution in [0.25, 0.3) is 11.3 Å². The highest BCUT2D eigenvalue weighted by Gasteiger charge is 2.14. The molecule has 2 aromatic rings. The Balaban J connectivity index is 2.59. The van der Waals surface area contributed by atoms with Crippen LogP contribution in [0.4, 0.5) is 0 Å². The first-order chi connectivity index (χ1) is 9.19. The van der Waals surface area contributed by atoms with Gasteiger partial charge in [-0.1, -0.05) is 0 Å². The Kier molecular flexibility index (Phi) is 3.85. The van der Waals surface area contributed by atoms with Crippen molar-refractivity contribution in [2.75, 3.05) is 21.3 Å². The van der Waals surface area contributed by atoms with Crippen LogP contribution in [0.3, 0.4) is 0 Å². The lowest BCUT2D eigenvalue weighted by atomic mass is 10.1. The Labute approximate surface area is 112 Å². The highest BCUT2D eigenvalue weighted by molar-refractivity contribution is 5.68. The van der Waals surface area contributed by atoms with Crippen LogP contribution in [0.5, 0.6) is 17.2 Å². The van der Waals surface area contributed by atoms with E-state index >= 15 is 0 Å². The van der Waals surface area contributed by atoms with Crippen LogP contribution in [-0.4, -0.2) is 31.3 Å². The molecule has 0 bridgehead atoms. The molecule has 19 heavy (non-hydrogen) atoms. The second-order valence-corrected chi connectivity index (χ2v) is 3.96. The highest BCUT2D eigenvalue weighted by Crippen LogP contribution is 2.40. The van der Waals surface area contributed by atoms with E-state index in [4.69, 9.17) is 14.2 Å². The molecule has 1 aromatic heterocycles. The number of methoxy groups -OCH3 is 3. The molecule has 0 radical (unpaired) electrons. The summed E-state index contributed by atoms with van der Waals surface area (Å²) in [6.07, 6.45) is 1.54. The van der Waals surface area contributed by atoms with Gasteiger partial charge in [0.15, 0.2) is 11.5 Å². The van der Waals surface area contributed by atoms with Gasteiger partial charge in [-0.25, -0.2) is 9.97 Å². The van der Waals surface area contributed by atoms with Gasteiger partial charge < -0.3 is 14.2 Å². The third kappa shape index (κ3) is 2.59. The maximum Gasteiger partial charge on any atom is 0.203 e. The van der Waals surface area contributed by atoms with Crippen LogP contribution >= 0.6 is 0 Å². The number of hydrogen-bond donors (Lipinski definition) is 0. The zero-order chi connectivity index (χ0) is 13.8. The average molecular weight is 260 g/mol. The Bertz CT molecular complexity index is 560. The van der Waals surface area contributed by atoms with Crippen molar-refractivity contribution in [3.05, 3.63) is 30.2 Å². The van der Waals surface area contributed by atoms with E-state index in [2.05, 4.69) is 9.97 Å². The van der Waals surface area contributed by atoms with Crippen molar-refractivity contribution >= 4 is 0 Å². The molecule has 0 aliphatic carbocycles. The summed E-state index contributed by atoms with van der Waals surface area (Å²) >= 11 is 0. The lowest BCUT2D eigenvalue weighted by molar-refractivity contribution is 0.324. The van der Waals surface area contributed by atoms with Gasteiger partial charge in [0, 0.05) is 11.3 Å². The molecule has 1 aromatic carbocycles. The van der Waals surface area contributed by atoms with E-state index in [1.54, 1.807) is 21.3 Å². The summed E-state index contributed by atoms with van der Waals surface area (Å²) in [6.45, 7) is 1.92. The average Bonchev–Trinajstić information content (AvgIpc) is 2.45. The van der Waals surface area contributed by atoms with Gasteiger partial charge in [0.2, 0.25) is 5.75 Å². The first kappa shape index (κ1) is 13.1. The third-order valence-corrected chi connectivity index (χ3v) is 2.76. The predicted molar refractivity (Wildman–Crippen MR) is 71.9 cm³/mol.